The third-order valence-corrected chi connectivity index (χ3v) is 3.51. The average molecular weight is 662 g/mol. The highest BCUT2D eigenvalue weighted by Crippen LogP contribution is 2.22. The number of rotatable bonds is 0. The number of halogens is 12. The van der Waals surface area contributed by atoms with Gasteiger partial charge >= 0.3 is 69.8 Å². The van der Waals surface area contributed by atoms with Crippen LogP contribution in [0.5, 0.6) is 0 Å². The molecule has 0 heterocycles. The van der Waals surface area contributed by atoms with Gasteiger partial charge in [0.05, 0.1) is 0 Å². The van der Waals surface area contributed by atoms with Gasteiger partial charge < -0.3 is 15.1 Å². The summed E-state index contributed by atoms with van der Waals surface area (Å²) in [5.74, 6) is 0. The molecule has 15 nitrogen and oxygen atoms in total. The molecule has 0 fully saturated rings. The van der Waals surface area contributed by atoms with E-state index in [-0.39, 0.29) is 0 Å². The third-order valence-electron chi connectivity index (χ3n) is 1.17. The monoisotopic (exact) mass is 662 g/mol. The Balaban J connectivity index is -0.000000113. The molecule has 0 unspecified atom stereocenters. The fourth-order valence-electron chi connectivity index (χ4n) is 0. The lowest BCUT2D eigenvalue weighted by atomic mass is 10.3. The maximum atomic E-state index is 10.7. The predicted molar refractivity (Wildman–Crippen MR) is 82.8 cm³/mol. The van der Waals surface area contributed by atoms with Crippen molar-refractivity contribution in [2.24, 2.45) is 0 Å². The molecular formula is C4H7BF12O15S4. The summed E-state index contributed by atoms with van der Waals surface area (Å²) in [7, 11) is -25.5. The lowest BCUT2D eigenvalue weighted by Crippen LogP contribution is -2.21. The molecule has 36 heavy (non-hydrogen) atoms. The molecule has 0 amide bonds. The summed E-state index contributed by atoms with van der Waals surface area (Å²) >= 11 is 0. The molecule has 0 radical (unpaired) electrons. The van der Waals surface area contributed by atoms with Crippen LogP contribution in [-0.2, 0) is 40.5 Å². The van der Waals surface area contributed by atoms with Gasteiger partial charge in [0.15, 0.2) is 0 Å². The first-order valence-electron chi connectivity index (χ1n) is 5.92. The van der Waals surface area contributed by atoms with Crippen molar-refractivity contribution in [2.45, 2.75) is 22.0 Å². The molecule has 0 aromatic heterocycles. The Bertz CT molecular complexity index is 875. The van der Waals surface area contributed by atoms with Gasteiger partial charge in [-0.15, -0.1) is 0 Å². The van der Waals surface area contributed by atoms with Gasteiger partial charge in [0.2, 0.25) is 0 Å². The average Bonchev–Trinajstić information content (AvgIpc) is 2.39. The van der Waals surface area contributed by atoms with Crippen LogP contribution < -0.4 is 0 Å². The number of alkyl halides is 12. The largest absolute Gasteiger partial charge is 0.631 e. The van der Waals surface area contributed by atoms with Crippen LogP contribution in [0.4, 0.5) is 52.7 Å². The highest BCUT2D eigenvalue weighted by atomic mass is 32.2. The van der Waals surface area contributed by atoms with Crippen molar-refractivity contribution in [1.29, 1.82) is 0 Å². The van der Waals surface area contributed by atoms with Crippen LogP contribution in [0.1, 0.15) is 0 Å². The zero-order valence-corrected chi connectivity index (χ0v) is 18.4. The van der Waals surface area contributed by atoms with E-state index in [4.69, 9.17) is 67.0 Å². The lowest BCUT2D eigenvalue weighted by molar-refractivity contribution is -0.0514. The van der Waals surface area contributed by atoms with E-state index in [0.29, 0.717) is 0 Å². The zero-order valence-electron chi connectivity index (χ0n) is 15.1. The van der Waals surface area contributed by atoms with Crippen molar-refractivity contribution >= 4 is 47.8 Å². The van der Waals surface area contributed by atoms with E-state index >= 15 is 0 Å². The fraction of sp³-hybridized carbons (Fsp3) is 1.00. The van der Waals surface area contributed by atoms with Gasteiger partial charge in [0.1, 0.15) is 0 Å². The van der Waals surface area contributed by atoms with E-state index in [1.807, 2.05) is 0 Å². The van der Waals surface area contributed by atoms with Crippen molar-refractivity contribution in [2.75, 3.05) is 0 Å². The van der Waals surface area contributed by atoms with E-state index in [0.717, 1.165) is 0 Å². The zero-order chi connectivity index (χ0) is 31.6. The van der Waals surface area contributed by atoms with Gasteiger partial charge in [-0.05, 0) is 0 Å². The summed E-state index contributed by atoms with van der Waals surface area (Å²) in [6.07, 6.45) is 0. The Morgan fingerprint density at radius 2 is 0.389 bits per heavy atom. The van der Waals surface area contributed by atoms with E-state index in [1.165, 1.54) is 0 Å². The van der Waals surface area contributed by atoms with Gasteiger partial charge in [0, 0.05) is 0 Å². The van der Waals surface area contributed by atoms with Crippen molar-refractivity contribution in [3.8, 4) is 0 Å². The molecular weight excluding hydrogens is 655 g/mol. The van der Waals surface area contributed by atoms with Crippen LogP contribution in [0, 0.1) is 0 Å². The molecule has 0 aromatic carbocycles. The first kappa shape index (κ1) is 44.7. The van der Waals surface area contributed by atoms with Gasteiger partial charge in [0.25, 0.3) is 0 Å². The first-order valence-corrected chi connectivity index (χ1v) is 11.7. The molecule has 0 saturated heterocycles. The van der Waals surface area contributed by atoms with Crippen molar-refractivity contribution in [1.82, 2.24) is 0 Å². The van der Waals surface area contributed by atoms with Crippen molar-refractivity contribution in [3.05, 3.63) is 0 Å². The number of hydrogen-bond acceptors (Lipinski definition) is 11. The molecule has 0 spiro atoms. The summed E-state index contributed by atoms with van der Waals surface area (Å²) in [5, 5.41) is 21.5. The Morgan fingerprint density at radius 3 is 0.389 bits per heavy atom. The maximum absolute atomic E-state index is 10.7. The minimum atomic E-state index is -5.84. The van der Waals surface area contributed by atoms with E-state index in [2.05, 4.69) is 0 Å². The molecule has 0 aliphatic carbocycles. The molecule has 0 bridgehead atoms. The topological polar surface area (TPSA) is 278 Å². The summed E-state index contributed by atoms with van der Waals surface area (Å²) in [6, 6.07) is 0. The van der Waals surface area contributed by atoms with E-state index in [1.54, 1.807) is 0 Å². The molecule has 7 N–H and O–H groups in total. The van der Waals surface area contributed by atoms with Crippen LogP contribution in [0.15, 0.2) is 0 Å². The molecule has 0 aliphatic heterocycles. The van der Waals surface area contributed by atoms with Gasteiger partial charge in [-0.1, -0.05) is 0 Å². The summed E-state index contributed by atoms with van der Waals surface area (Å²) in [4.78, 5) is 0. The quantitative estimate of drug-likeness (QED) is 0.0747. The smallest absolute Gasteiger partial charge is 0.402 e. The number of hydrogen-bond donors (Lipinski definition) is 7. The summed E-state index contributed by atoms with van der Waals surface area (Å²) in [6.45, 7) is 0. The molecule has 0 saturated carbocycles. The SMILES string of the molecule is O=S(=O)(O)C(F)(F)F.O=S(=O)(O)C(F)(F)F.O=S(=O)(O)C(F)(F)F.O=S(=O)(O)C(F)(F)F.OB(O)O. The van der Waals surface area contributed by atoms with Crippen molar-refractivity contribution < 1.29 is 120 Å². The molecule has 32 heteroatoms. The molecule has 224 valence electrons. The molecule has 0 atom stereocenters. The second-order valence-electron chi connectivity index (χ2n) is 4.03. The lowest BCUT2D eigenvalue weighted by Gasteiger charge is -1.97. The van der Waals surface area contributed by atoms with Gasteiger partial charge in [-0.3, -0.25) is 18.2 Å². The van der Waals surface area contributed by atoms with E-state index in [9.17, 15) is 52.7 Å². The van der Waals surface area contributed by atoms with Crippen LogP contribution in [0.3, 0.4) is 0 Å². The first-order chi connectivity index (χ1) is 14.7. The van der Waals surface area contributed by atoms with E-state index < -0.39 is 69.8 Å². The molecule has 0 aliphatic rings. The van der Waals surface area contributed by atoms with Gasteiger partial charge in [-0.2, -0.15) is 86.4 Å². The van der Waals surface area contributed by atoms with Crippen molar-refractivity contribution in [3.63, 3.8) is 0 Å². The van der Waals surface area contributed by atoms with Crippen LogP contribution in [0.2, 0.25) is 0 Å². The second-order valence-corrected chi connectivity index (χ2v) is 9.68. The highest BCUT2D eigenvalue weighted by molar-refractivity contribution is 7.87. The minimum Gasteiger partial charge on any atom is -0.402 e. The summed E-state index contributed by atoms with van der Waals surface area (Å²) in [5.41, 5.74) is -22.1. The standard InChI is InChI=1S/4CHF3O3S.BH3O3/c4*2-1(3,4)8(5,6)7;2-1(3)4/h4*(H,5,6,7);2-4H. The molecule has 0 rings (SSSR count). The second kappa shape index (κ2) is 14.6. The van der Waals surface area contributed by atoms with Gasteiger partial charge in [-0.25, -0.2) is 0 Å². The molecule has 0 aromatic rings. The Kier molecular flexibility index (Phi) is 18.2. The summed E-state index contributed by atoms with van der Waals surface area (Å²) < 4.78 is 230. The Hall–Kier alpha value is -1.26. The fourth-order valence-corrected chi connectivity index (χ4v) is 0. The highest BCUT2D eigenvalue weighted by Gasteiger charge is 2.46. The minimum absolute atomic E-state index is 2.17. The normalized spacial score (nSPS) is 13.2. The maximum Gasteiger partial charge on any atom is 0.631 e. The Morgan fingerprint density at radius 1 is 0.361 bits per heavy atom. The van der Waals surface area contributed by atoms with Crippen LogP contribution in [-0.4, -0.2) is 96.3 Å². The van der Waals surface area contributed by atoms with Crippen LogP contribution >= 0.6 is 0 Å². The predicted octanol–water partition coefficient (Wildman–Crippen LogP) is -0.476. The third kappa shape index (κ3) is 27.3. The van der Waals surface area contributed by atoms with Crippen LogP contribution in [0.25, 0.3) is 0 Å². The Labute approximate surface area is 190 Å².